The number of hydrogen-bond donors (Lipinski definition) is 3. The monoisotopic (exact) mass is 466 g/mol. The number of imide groups is 1. The van der Waals surface area contributed by atoms with E-state index in [-0.39, 0.29) is 41.7 Å². The van der Waals surface area contributed by atoms with Gasteiger partial charge in [0.1, 0.15) is 0 Å². The maximum Gasteiger partial charge on any atom is 0.446 e. The summed E-state index contributed by atoms with van der Waals surface area (Å²) in [5, 5.41) is 7.46. The molecule has 0 saturated carbocycles. The van der Waals surface area contributed by atoms with Crippen molar-refractivity contribution in [1.29, 1.82) is 0 Å². The van der Waals surface area contributed by atoms with E-state index in [0.29, 0.717) is 11.4 Å². The van der Waals surface area contributed by atoms with Crippen molar-refractivity contribution in [1.82, 2.24) is 10.2 Å². The fraction of sp³-hybridized carbons (Fsp3) is 0.200. The Morgan fingerprint density at radius 3 is 2.22 bits per heavy atom. The average molecular weight is 466 g/mol. The third-order valence-corrected chi connectivity index (χ3v) is 5.09. The first kappa shape index (κ1) is 23.1. The number of alkyl halides is 3. The van der Waals surface area contributed by atoms with Crippen LogP contribution in [0.5, 0.6) is 0 Å². The van der Waals surface area contributed by atoms with Crippen LogP contribution < -0.4 is 16.0 Å². The van der Waals surface area contributed by atoms with Crippen molar-refractivity contribution in [3.05, 3.63) is 54.1 Å². The van der Waals surface area contributed by atoms with E-state index in [1.54, 1.807) is 0 Å². The molecular formula is C20H17F3N4O4S. The van der Waals surface area contributed by atoms with E-state index in [9.17, 15) is 32.3 Å². The van der Waals surface area contributed by atoms with Crippen LogP contribution in [-0.2, 0) is 9.59 Å². The Bertz CT molecular complexity index is 1030. The number of thioether (sulfide) groups is 1. The van der Waals surface area contributed by atoms with Gasteiger partial charge in [-0.3, -0.25) is 19.3 Å². The van der Waals surface area contributed by atoms with Crippen molar-refractivity contribution >= 4 is 46.9 Å². The van der Waals surface area contributed by atoms with E-state index in [2.05, 4.69) is 16.0 Å². The molecule has 168 valence electrons. The van der Waals surface area contributed by atoms with E-state index in [4.69, 9.17) is 0 Å². The Morgan fingerprint density at radius 2 is 1.62 bits per heavy atom. The largest absolute Gasteiger partial charge is 0.446 e. The topological polar surface area (TPSA) is 108 Å². The predicted molar refractivity (Wildman–Crippen MR) is 111 cm³/mol. The van der Waals surface area contributed by atoms with Gasteiger partial charge in [0.25, 0.3) is 5.91 Å². The zero-order chi connectivity index (χ0) is 23.3. The van der Waals surface area contributed by atoms with Gasteiger partial charge in [0, 0.05) is 29.2 Å². The van der Waals surface area contributed by atoms with Crippen molar-refractivity contribution in [2.45, 2.75) is 16.8 Å². The number of carbonyl (C=O) groups excluding carboxylic acids is 4. The van der Waals surface area contributed by atoms with Crippen LogP contribution in [0, 0.1) is 0 Å². The molecule has 1 heterocycles. The Labute approximate surface area is 184 Å². The van der Waals surface area contributed by atoms with Crippen LogP contribution in [0.15, 0.2) is 53.4 Å². The Morgan fingerprint density at radius 1 is 1.00 bits per heavy atom. The summed E-state index contributed by atoms with van der Waals surface area (Å²) in [5.41, 5.74) is -3.92. The molecule has 1 aliphatic rings. The van der Waals surface area contributed by atoms with Gasteiger partial charge in [0.05, 0.1) is 12.1 Å². The summed E-state index contributed by atoms with van der Waals surface area (Å²) in [7, 11) is 0. The molecule has 0 unspecified atom stereocenters. The molecular weight excluding hydrogens is 449 g/mol. The smallest absolute Gasteiger partial charge is 0.329 e. The zero-order valence-corrected chi connectivity index (χ0v) is 17.2. The normalized spacial score (nSPS) is 13.7. The second-order valence-corrected chi connectivity index (χ2v) is 7.68. The first-order valence-electron chi connectivity index (χ1n) is 9.26. The number of carbonyl (C=O) groups is 4. The lowest BCUT2D eigenvalue weighted by atomic mass is 10.2. The average Bonchev–Trinajstić information content (AvgIpc) is 3.04. The molecule has 32 heavy (non-hydrogen) atoms. The number of urea groups is 1. The fourth-order valence-electron chi connectivity index (χ4n) is 2.82. The van der Waals surface area contributed by atoms with Gasteiger partial charge in [-0.25, -0.2) is 4.79 Å². The van der Waals surface area contributed by atoms with E-state index in [1.165, 1.54) is 48.5 Å². The molecule has 0 aromatic heterocycles. The van der Waals surface area contributed by atoms with Crippen molar-refractivity contribution in [3.63, 3.8) is 0 Å². The highest BCUT2D eigenvalue weighted by molar-refractivity contribution is 8.00. The zero-order valence-electron chi connectivity index (χ0n) is 16.4. The number of benzene rings is 2. The van der Waals surface area contributed by atoms with E-state index in [0.717, 1.165) is 4.90 Å². The number of nitrogens with one attached hydrogen (secondary N) is 3. The molecule has 2 aromatic rings. The molecule has 3 rings (SSSR count). The third-order valence-electron chi connectivity index (χ3n) is 4.28. The van der Waals surface area contributed by atoms with Gasteiger partial charge in [0.15, 0.2) is 0 Å². The van der Waals surface area contributed by atoms with Crippen LogP contribution in [0.1, 0.15) is 16.8 Å². The molecule has 3 N–H and O–H groups in total. The standard InChI is InChI=1S/C20H17F3N4O4S/c21-20(22,23)32-15-4-2-1-3-14(15)18(30)26-13-7-5-12(6-8-13)25-16(28)9-10-27-17(29)11-24-19(27)31/h1-8H,9-11H2,(H,24,31)(H,25,28)(H,26,30). The molecule has 1 fully saturated rings. The number of anilines is 2. The molecule has 0 aliphatic carbocycles. The Balaban J connectivity index is 1.56. The fourth-order valence-corrected chi connectivity index (χ4v) is 3.49. The molecule has 0 radical (unpaired) electrons. The second kappa shape index (κ2) is 9.73. The highest BCUT2D eigenvalue weighted by Crippen LogP contribution is 2.38. The number of amides is 5. The lowest BCUT2D eigenvalue weighted by Gasteiger charge is -2.13. The molecule has 1 aliphatic heterocycles. The first-order valence-corrected chi connectivity index (χ1v) is 10.1. The van der Waals surface area contributed by atoms with E-state index >= 15 is 0 Å². The molecule has 12 heteroatoms. The maximum atomic E-state index is 12.7. The summed E-state index contributed by atoms with van der Waals surface area (Å²) in [4.78, 5) is 48.1. The van der Waals surface area contributed by atoms with Gasteiger partial charge in [-0.15, -0.1) is 0 Å². The predicted octanol–water partition coefficient (Wildman–Crippen LogP) is 3.43. The van der Waals surface area contributed by atoms with E-state index in [1.807, 2.05) is 0 Å². The van der Waals surface area contributed by atoms with Crippen molar-refractivity contribution in [3.8, 4) is 0 Å². The molecule has 0 atom stereocenters. The minimum absolute atomic E-state index is 0.0556. The van der Waals surface area contributed by atoms with Gasteiger partial charge in [-0.2, -0.15) is 13.2 Å². The van der Waals surface area contributed by atoms with Gasteiger partial charge in [0.2, 0.25) is 11.8 Å². The van der Waals surface area contributed by atoms with Gasteiger partial charge >= 0.3 is 11.5 Å². The van der Waals surface area contributed by atoms with Crippen LogP contribution >= 0.6 is 11.8 Å². The molecule has 1 saturated heterocycles. The maximum absolute atomic E-state index is 12.7. The lowest BCUT2D eigenvalue weighted by Crippen LogP contribution is -2.33. The quantitative estimate of drug-likeness (QED) is 0.428. The second-order valence-electron chi connectivity index (χ2n) is 6.58. The summed E-state index contributed by atoms with van der Waals surface area (Å²) < 4.78 is 38.1. The van der Waals surface area contributed by atoms with Crippen molar-refractivity contribution in [2.75, 3.05) is 23.7 Å². The Hall–Kier alpha value is -3.54. The van der Waals surface area contributed by atoms with Crippen molar-refractivity contribution in [2.24, 2.45) is 0 Å². The summed E-state index contributed by atoms with van der Waals surface area (Å²) in [6, 6.07) is 10.8. The van der Waals surface area contributed by atoms with Crippen LogP contribution in [0.25, 0.3) is 0 Å². The molecule has 2 aromatic carbocycles. The van der Waals surface area contributed by atoms with Crippen LogP contribution in [0.3, 0.4) is 0 Å². The Kier molecular flexibility index (Phi) is 7.03. The molecule has 5 amide bonds. The van der Waals surface area contributed by atoms with Gasteiger partial charge in [-0.1, -0.05) is 12.1 Å². The van der Waals surface area contributed by atoms with Crippen molar-refractivity contribution < 1.29 is 32.3 Å². The minimum atomic E-state index is -4.53. The summed E-state index contributed by atoms with van der Waals surface area (Å²) >= 11 is -0.368. The molecule has 8 nitrogen and oxygen atoms in total. The number of nitrogens with zero attached hydrogens (tertiary/aromatic N) is 1. The number of halogens is 3. The number of rotatable bonds is 7. The van der Waals surface area contributed by atoms with E-state index < -0.39 is 29.3 Å². The molecule has 0 bridgehead atoms. The number of hydrogen-bond acceptors (Lipinski definition) is 5. The van der Waals surface area contributed by atoms with Gasteiger partial charge in [-0.05, 0) is 48.2 Å². The van der Waals surface area contributed by atoms with Crippen LogP contribution in [-0.4, -0.2) is 47.3 Å². The van der Waals surface area contributed by atoms with Crippen LogP contribution in [0.4, 0.5) is 29.3 Å². The third kappa shape index (κ3) is 6.23. The minimum Gasteiger partial charge on any atom is -0.329 e. The lowest BCUT2D eigenvalue weighted by molar-refractivity contribution is -0.125. The van der Waals surface area contributed by atoms with Gasteiger partial charge < -0.3 is 16.0 Å². The summed E-state index contributed by atoms with van der Waals surface area (Å²) in [5.74, 6) is -1.53. The first-order chi connectivity index (χ1) is 15.1. The highest BCUT2D eigenvalue weighted by Gasteiger charge is 2.31. The highest BCUT2D eigenvalue weighted by atomic mass is 32.2. The SMILES string of the molecule is O=C(CCN1C(=O)CNC1=O)Nc1ccc(NC(=O)c2ccccc2SC(F)(F)F)cc1. The summed E-state index contributed by atoms with van der Waals surface area (Å²) in [6.07, 6.45) is -0.0920. The summed E-state index contributed by atoms with van der Waals surface area (Å²) in [6.45, 7) is -0.146. The molecule has 0 spiro atoms. The van der Waals surface area contributed by atoms with Crippen LogP contribution in [0.2, 0.25) is 0 Å².